The Hall–Kier alpha value is 0.470. The average molecular weight is 322 g/mol. The summed E-state index contributed by atoms with van der Waals surface area (Å²) < 4.78 is 0. The minimum absolute atomic E-state index is 0.461. The molecule has 1 saturated carbocycles. The Bertz CT molecular complexity index is 315. The first-order valence-corrected chi connectivity index (χ1v) is 8.31. The average Bonchev–Trinajstić information content (AvgIpc) is 2.53. The molecular weight excluding hydrogens is 304 g/mol. The van der Waals surface area contributed by atoms with Gasteiger partial charge in [-0.25, -0.2) is 0 Å². The molecule has 0 radical (unpaired) electrons. The lowest BCUT2D eigenvalue weighted by Crippen LogP contribution is -2.02. The van der Waals surface area contributed by atoms with E-state index in [0.717, 1.165) is 10.9 Å². The molecule has 1 aliphatic carbocycles. The van der Waals surface area contributed by atoms with Crippen LogP contribution in [0.1, 0.15) is 54.7 Å². The SMILES string of the molecule is Clc1ccsc1C(Br)CC1CCCCCC1. The molecule has 1 aromatic heterocycles. The highest BCUT2D eigenvalue weighted by Gasteiger charge is 2.19. The van der Waals surface area contributed by atoms with Crippen LogP contribution in [0.4, 0.5) is 0 Å². The quantitative estimate of drug-likeness (QED) is 0.459. The monoisotopic (exact) mass is 320 g/mol. The second-order valence-corrected chi connectivity index (χ2v) is 7.15. The van der Waals surface area contributed by atoms with E-state index in [1.807, 2.05) is 6.07 Å². The number of rotatable bonds is 3. The first-order chi connectivity index (χ1) is 7.77. The molecule has 0 amide bonds. The van der Waals surface area contributed by atoms with Gasteiger partial charge in [0.15, 0.2) is 0 Å². The van der Waals surface area contributed by atoms with Crippen LogP contribution in [0.3, 0.4) is 0 Å². The highest BCUT2D eigenvalue weighted by Crippen LogP contribution is 2.40. The Morgan fingerprint density at radius 2 is 2.00 bits per heavy atom. The van der Waals surface area contributed by atoms with Gasteiger partial charge in [0.05, 0.1) is 9.85 Å². The van der Waals surface area contributed by atoms with Gasteiger partial charge in [-0.1, -0.05) is 66.1 Å². The largest absolute Gasteiger partial charge is 0.146 e. The second-order valence-electron chi connectivity index (χ2n) is 4.69. The summed E-state index contributed by atoms with van der Waals surface area (Å²) in [5.74, 6) is 0.894. The summed E-state index contributed by atoms with van der Waals surface area (Å²) in [5.41, 5.74) is 0. The van der Waals surface area contributed by atoms with Crippen molar-refractivity contribution in [3.8, 4) is 0 Å². The normalized spacial score (nSPS) is 20.6. The number of thiophene rings is 1. The van der Waals surface area contributed by atoms with Gasteiger partial charge in [0.25, 0.3) is 0 Å². The van der Waals surface area contributed by atoms with Crippen LogP contribution in [-0.4, -0.2) is 0 Å². The number of hydrogen-bond donors (Lipinski definition) is 0. The summed E-state index contributed by atoms with van der Waals surface area (Å²) in [5, 5.41) is 3.01. The molecule has 1 fully saturated rings. The zero-order valence-corrected chi connectivity index (χ0v) is 12.6. The van der Waals surface area contributed by atoms with Crippen molar-refractivity contribution in [1.82, 2.24) is 0 Å². The van der Waals surface area contributed by atoms with E-state index in [1.165, 1.54) is 49.8 Å². The van der Waals surface area contributed by atoms with E-state index in [9.17, 15) is 0 Å². The second kappa shape index (κ2) is 6.42. The fourth-order valence-corrected chi connectivity index (χ4v) is 4.94. The fraction of sp³-hybridized carbons (Fsp3) is 0.692. The summed E-state index contributed by atoms with van der Waals surface area (Å²) in [4.78, 5) is 1.77. The third kappa shape index (κ3) is 3.48. The number of alkyl halides is 1. The van der Waals surface area contributed by atoms with Crippen molar-refractivity contribution >= 4 is 38.9 Å². The van der Waals surface area contributed by atoms with Crippen molar-refractivity contribution in [2.75, 3.05) is 0 Å². The maximum Gasteiger partial charge on any atom is 0.0556 e. The topological polar surface area (TPSA) is 0 Å². The van der Waals surface area contributed by atoms with E-state index in [2.05, 4.69) is 21.3 Å². The molecular formula is C13H18BrClS. The van der Waals surface area contributed by atoms with E-state index in [-0.39, 0.29) is 0 Å². The maximum atomic E-state index is 6.17. The van der Waals surface area contributed by atoms with Gasteiger partial charge in [0.2, 0.25) is 0 Å². The molecule has 0 aromatic carbocycles. The molecule has 16 heavy (non-hydrogen) atoms. The highest BCUT2D eigenvalue weighted by molar-refractivity contribution is 9.09. The zero-order chi connectivity index (χ0) is 11.4. The number of halogens is 2. The van der Waals surface area contributed by atoms with Crippen LogP contribution in [0.5, 0.6) is 0 Å². The first kappa shape index (κ1) is 12.9. The minimum atomic E-state index is 0.461. The lowest BCUT2D eigenvalue weighted by atomic mass is 9.94. The summed E-state index contributed by atoms with van der Waals surface area (Å²) in [6, 6.07) is 2.00. The highest BCUT2D eigenvalue weighted by atomic mass is 79.9. The van der Waals surface area contributed by atoms with Crippen LogP contribution >= 0.6 is 38.9 Å². The van der Waals surface area contributed by atoms with E-state index >= 15 is 0 Å². The molecule has 0 nitrogen and oxygen atoms in total. The molecule has 1 aromatic rings. The van der Waals surface area contributed by atoms with Crippen LogP contribution in [0, 0.1) is 5.92 Å². The summed E-state index contributed by atoms with van der Waals surface area (Å²) in [6.07, 6.45) is 9.77. The molecule has 1 atom stereocenters. The van der Waals surface area contributed by atoms with Gasteiger partial charge >= 0.3 is 0 Å². The molecule has 0 aliphatic heterocycles. The molecule has 3 heteroatoms. The predicted molar refractivity (Wildman–Crippen MR) is 76.8 cm³/mol. The standard InChI is InChI=1S/C13H18BrClS/c14-11(13-12(15)7-8-16-13)9-10-5-3-1-2-4-6-10/h7-8,10-11H,1-6,9H2. The predicted octanol–water partition coefficient (Wildman–Crippen LogP) is 6.20. The molecule has 2 rings (SSSR count). The van der Waals surface area contributed by atoms with Crippen molar-refractivity contribution in [2.45, 2.75) is 49.8 Å². The van der Waals surface area contributed by atoms with Crippen LogP contribution in [0.25, 0.3) is 0 Å². The summed E-state index contributed by atoms with van der Waals surface area (Å²) in [6.45, 7) is 0. The molecule has 0 spiro atoms. The van der Waals surface area contributed by atoms with Crippen molar-refractivity contribution < 1.29 is 0 Å². The van der Waals surface area contributed by atoms with Gasteiger partial charge in [0, 0.05) is 4.88 Å². The Balaban J connectivity index is 1.91. The number of hydrogen-bond acceptors (Lipinski definition) is 1. The van der Waals surface area contributed by atoms with E-state index in [4.69, 9.17) is 11.6 Å². The zero-order valence-electron chi connectivity index (χ0n) is 9.42. The van der Waals surface area contributed by atoms with Crippen LogP contribution in [0.2, 0.25) is 5.02 Å². The van der Waals surface area contributed by atoms with Crippen molar-refractivity contribution in [3.63, 3.8) is 0 Å². The molecule has 0 N–H and O–H groups in total. The Morgan fingerprint density at radius 3 is 2.56 bits per heavy atom. The molecule has 1 aliphatic rings. The Kier molecular flexibility index (Phi) is 5.18. The molecule has 1 heterocycles. The Morgan fingerprint density at radius 1 is 1.31 bits per heavy atom. The summed E-state index contributed by atoms with van der Waals surface area (Å²) >= 11 is 11.7. The van der Waals surface area contributed by atoms with Crippen molar-refractivity contribution in [3.05, 3.63) is 21.3 Å². The lowest BCUT2D eigenvalue weighted by molar-refractivity contribution is 0.428. The smallest absolute Gasteiger partial charge is 0.0556 e. The minimum Gasteiger partial charge on any atom is -0.146 e. The van der Waals surface area contributed by atoms with Gasteiger partial charge in [0.1, 0.15) is 0 Å². The Labute approximate surface area is 116 Å². The van der Waals surface area contributed by atoms with Crippen molar-refractivity contribution in [2.24, 2.45) is 5.92 Å². The van der Waals surface area contributed by atoms with Crippen LogP contribution < -0.4 is 0 Å². The molecule has 90 valence electrons. The van der Waals surface area contributed by atoms with Gasteiger partial charge in [-0.15, -0.1) is 11.3 Å². The maximum absolute atomic E-state index is 6.17. The molecule has 0 bridgehead atoms. The summed E-state index contributed by atoms with van der Waals surface area (Å²) in [7, 11) is 0. The van der Waals surface area contributed by atoms with E-state index < -0.39 is 0 Å². The van der Waals surface area contributed by atoms with Gasteiger partial charge in [-0.05, 0) is 23.8 Å². The van der Waals surface area contributed by atoms with Gasteiger partial charge < -0.3 is 0 Å². The van der Waals surface area contributed by atoms with E-state index in [0.29, 0.717) is 4.83 Å². The van der Waals surface area contributed by atoms with Gasteiger partial charge in [-0.3, -0.25) is 0 Å². The first-order valence-electron chi connectivity index (χ1n) is 6.14. The van der Waals surface area contributed by atoms with Crippen LogP contribution in [0.15, 0.2) is 11.4 Å². The lowest BCUT2D eigenvalue weighted by Gasteiger charge is -2.17. The van der Waals surface area contributed by atoms with Crippen LogP contribution in [-0.2, 0) is 0 Å². The van der Waals surface area contributed by atoms with Gasteiger partial charge in [-0.2, -0.15) is 0 Å². The molecule has 1 unspecified atom stereocenters. The third-order valence-electron chi connectivity index (χ3n) is 3.44. The third-order valence-corrected chi connectivity index (χ3v) is 6.05. The fourth-order valence-electron chi connectivity index (χ4n) is 2.53. The van der Waals surface area contributed by atoms with Crippen molar-refractivity contribution in [1.29, 1.82) is 0 Å². The van der Waals surface area contributed by atoms with E-state index in [1.54, 1.807) is 11.3 Å². The molecule has 0 saturated heterocycles.